The summed E-state index contributed by atoms with van der Waals surface area (Å²) in [4.78, 5) is 0.121. The van der Waals surface area contributed by atoms with Crippen molar-refractivity contribution in [3.05, 3.63) is 121 Å². The predicted molar refractivity (Wildman–Crippen MR) is 137 cm³/mol. The molecular weight excluding hydrogens is 398 g/mol. The van der Waals surface area contributed by atoms with Crippen LogP contribution in [0.2, 0.25) is 0 Å². The van der Waals surface area contributed by atoms with Crippen LogP contribution in [0.25, 0.3) is 0 Å². The second-order valence-corrected chi connectivity index (χ2v) is 13.3. The first kappa shape index (κ1) is 21.0. The van der Waals surface area contributed by atoms with Gasteiger partial charge < -0.3 is 0 Å². The van der Waals surface area contributed by atoms with Crippen LogP contribution in [0.5, 0.6) is 0 Å². The number of hydrogen-bond donors (Lipinski definition) is 0. The van der Waals surface area contributed by atoms with Crippen LogP contribution in [-0.2, 0) is 0 Å². The van der Waals surface area contributed by atoms with Crippen molar-refractivity contribution < 1.29 is 0 Å². The molecule has 150 valence electrons. The summed E-state index contributed by atoms with van der Waals surface area (Å²) in [5.41, 5.74) is 0. The molecule has 0 saturated carbocycles. The molecule has 0 unspecified atom stereocenters. The normalized spacial score (nSPS) is 11.7. The molecule has 0 N–H and O–H groups in total. The van der Waals surface area contributed by atoms with Crippen LogP contribution in [0, 0.1) is 0 Å². The maximum Gasteiger partial charge on any atom is 0.0236 e. The van der Waals surface area contributed by atoms with Crippen molar-refractivity contribution in [2.45, 2.75) is 25.2 Å². The Morgan fingerprint density at radius 1 is 0.467 bits per heavy atom. The maximum absolute atomic E-state index is 2.53. The van der Waals surface area contributed by atoms with Crippen LogP contribution in [0.15, 0.2) is 121 Å². The Morgan fingerprint density at radius 2 is 0.700 bits per heavy atom. The van der Waals surface area contributed by atoms with Crippen molar-refractivity contribution in [1.82, 2.24) is 0 Å². The van der Waals surface area contributed by atoms with Crippen LogP contribution in [-0.4, -0.2) is 4.90 Å². The SMILES string of the molecule is CCC(C)(P(c1ccccc1)c1ccccc1)P(c1ccccc1)c1ccccc1. The average molecular weight is 426 g/mol. The van der Waals surface area contributed by atoms with Crippen LogP contribution >= 0.6 is 15.8 Å². The monoisotopic (exact) mass is 426 g/mol. The van der Waals surface area contributed by atoms with Crippen LogP contribution in [0.4, 0.5) is 0 Å². The molecule has 0 nitrogen and oxygen atoms in total. The summed E-state index contributed by atoms with van der Waals surface area (Å²) in [7, 11) is -1.11. The largest absolute Gasteiger partial charge is 0.0641 e. The topological polar surface area (TPSA) is 0 Å². The second kappa shape index (κ2) is 9.70. The first-order valence-electron chi connectivity index (χ1n) is 10.5. The fourth-order valence-electron chi connectivity index (χ4n) is 4.14. The zero-order valence-electron chi connectivity index (χ0n) is 17.6. The molecule has 0 amide bonds. The summed E-state index contributed by atoms with van der Waals surface area (Å²) in [6.45, 7) is 4.91. The van der Waals surface area contributed by atoms with E-state index in [0.29, 0.717) is 0 Å². The fourth-order valence-corrected chi connectivity index (χ4v) is 11.7. The standard InChI is InChI=1S/C28H28P2/c1-3-28(2,29(24-16-8-4-9-17-24)25-18-10-5-11-19-25)30(26-20-12-6-13-21-26)27-22-14-7-15-23-27/h4-23H,3H2,1-2H3. The van der Waals surface area contributed by atoms with E-state index in [0.717, 1.165) is 6.42 Å². The lowest BCUT2D eigenvalue weighted by molar-refractivity contribution is 0.830. The Balaban J connectivity index is 1.95. The molecule has 0 aliphatic carbocycles. The molecule has 0 bridgehead atoms. The number of hydrogen-bond acceptors (Lipinski definition) is 0. The minimum Gasteiger partial charge on any atom is -0.0641 e. The van der Waals surface area contributed by atoms with E-state index in [1.165, 1.54) is 21.2 Å². The summed E-state index contributed by atoms with van der Waals surface area (Å²) < 4.78 is 0. The minimum absolute atomic E-state index is 0.121. The smallest absolute Gasteiger partial charge is 0.0236 e. The summed E-state index contributed by atoms with van der Waals surface area (Å²) in [6, 6.07) is 44.7. The van der Waals surface area contributed by atoms with Crippen LogP contribution in [0.3, 0.4) is 0 Å². The van der Waals surface area contributed by atoms with Gasteiger partial charge in [0.2, 0.25) is 0 Å². The molecule has 0 spiro atoms. The van der Waals surface area contributed by atoms with Gasteiger partial charge in [0, 0.05) is 4.90 Å². The highest BCUT2D eigenvalue weighted by atomic mass is 31.2. The maximum atomic E-state index is 2.53. The van der Waals surface area contributed by atoms with E-state index in [2.05, 4.69) is 135 Å². The highest BCUT2D eigenvalue weighted by Crippen LogP contribution is 2.66. The minimum atomic E-state index is -0.554. The third-order valence-corrected chi connectivity index (χ3v) is 12.7. The van der Waals surface area contributed by atoms with Gasteiger partial charge in [0.25, 0.3) is 0 Å². The zero-order chi connectivity index (χ0) is 20.8. The summed E-state index contributed by atoms with van der Waals surface area (Å²) >= 11 is 0. The molecule has 0 heterocycles. The first-order valence-corrected chi connectivity index (χ1v) is 13.2. The summed E-state index contributed by atoms with van der Waals surface area (Å²) in [5, 5.41) is 5.84. The van der Waals surface area contributed by atoms with Crippen molar-refractivity contribution in [2.24, 2.45) is 0 Å². The molecule has 0 saturated heterocycles. The lowest BCUT2D eigenvalue weighted by atomic mass is 10.3. The third kappa shape index (κ3) is 4.27. The van der Waals surface area contributed by atoms with E-state index >= 15 is 0 Å². The van der Waals surface area contributed by atoms with Crippen LogP contribution in [0.1, 0.15) is 20.3 Å². The van der Waals surface area contributed by atoms with Gasteiger partial charge in [-0.25, -0.2) is 0 Å². The Morgan fingerprint density at radius 3 is 0.900 bits per heavy atom. The molecule has 4 aromatic rings. The van der Waals surface area contributed by atoms with Crippen molar-refractivity contribution in [1.29, 1.82) is 0 Å². The molecule has 0 aliphatic rings. The Hall–Kier alpha value is -2.26. The van der Waals surface area contributed by atoms with Crippen molar-refractivity contribution in [2.75, 3.05) is 0 Å². The molecule has 30 heavy (non-hydrogen) atoms. The van der Waals surface area contributed by atoms with Gasteiger partial charge in [0.05, 0.1) is 0 Å². The molecule has 4 aromatic carbocycles. The lowest BCUT2D eigenvalue weighted by Gasteiger charge is -2.45. The number of rotatable bonds is 7. The molecule has 2 heteroatoms. The highest BCUT2D eigenvalue weighted by Gasteiger charge is 2.42. The van der Waals surface area contributed by atoms with Crippen molar-refractivity contribution >= 4 is 37.1 Å². The van der Waals surface area contributed by atoms with E-state index < -0.39 is 15.8 Å². The van der Waals surface area contributed by atoms with Gasteiger partial charge in [-0.1, -0.05) is 135 Å². The zero-order valence-corrected chi connectivity index (χ0v) is 19.4. The Bertz CT molecular complexity index is 869. The van der Waals surface area contributed by atoms with Crippen LogP contribution < -0.4 is 21.2 Å². The fraction of sp³-hybridized carbons (Fsp3) is 0.143. The van der Waals surface area contributed by atoms with E-state index in [1.54, 1.807) is 0 Å². The Labute approximate surface area is 183 Å². The summed E-state index contributed by atoms with van der Waals surface area (Å²) in [6.07, 6.45) is 1.12. The molecule has 4 rings (SSSR count). The molecule has 0 atom stereocenters. The molecule has 0 aromatic heterocycles. The van der Waals surface area contributed by atoms with E-state index in [4.69, 9.17) is 0 Å². The van der Waals surface area contributed by atoms with Gasteiger partial charge in [0.1, 0.15) is 0 Å². The van der Waals surface area contributed by atoms with Gasteiger partial charge >= 0.3 is 0 Å². The van der Waals surface area contributed by atoms with Gasteiger partial charge in [-0.15, -0.1) is 0 Å². The highest BCUT2D eigenvalue weighted by molar-refractivity contribution is 7.90. The van der Waals surface area contributed by atoms with Gasteiger partial charge in [0.15, 0.2) is 0 Å². The Kier molecular flexibility index (Phi) is 6.79. The number of benzene rings is 4. The average Bonchev–Trinajstić information content (AvgIpc) is 2.82. The van der Waals surface area contributed by atoms with E-state index in [-0.39, 0.29) is 4.90 Å². The summed E-state index contributed by atoms with van der Waals surface area (Å²) in [5.74, 6) is 0. The predicted octanol–water partition coefficient (Wildman–Crippen LogP) is 6.38. The van der Waals surface area contributed by atoms with E-state index in [1.807, 2.05) is 0 Å². The lowest BCUT2D eigenvalue weighted by Crippen LogP contribution is -2.36. The van der Waals surface area contributed by atoms with Crippen molar-refractivity contribution in [3.8, 4) is 0 Å². The van der Waals surface area contributed by atoms with E-state index in [9.17, 15) is 0 Å². The molecule has 0 aliphatic heterocycles. The third-order valence-electron chi connectivity index (χ3n) is 5.69. The van der Waals surface area contributed by atoms with Crippen molar-refractivity contribution in [3.63, 3.8) is 0 Å². The quantitative estimate of drug-likeness (QED) is 0.301. The van der Waals surface area contributed by atoms with Gasteiger partial charge in [-0.05, 0) is 43.5 Å². The first-order chi connectivity index (χ1) is 14.7. The molecule has 0 radical (unpaired) electrons. The van der Waals surface area contributed by atoms with Gasteiger partial charge in [-0.3, -0.25) is 0 Å². The van der Waals surface area contributed by atoms with Gasteiger partial charge in [-0.2, -0.15) is 0 Å². The second-order valence-electron chi connectivity index (χ2n) is 7.58. The molecular formula is C28H28P2. The molecule has 0 fully saturated rings.